The molecular formula is C16H19ClN4O. The molecule has 22 heavy (non-hydrogen) atoms. The quantitative estimate of drug-likeness (QED) is 0.874. The Bertz CT molecular complexity index is 656. The van der Waals surface area contributed by atoms with Gasteiger partial charge in [-0.05, 0) is 37.8 Å². The molecule has 6 heteroatoms. The fourth-order valence-corrected chi connectivity index (χ4v) is 3.02. The van der Waals surface area contributed by atoms with Crippen molar-refractivity contribution >= 4 is 23.3 Å². The van der Waals surface area contributed by atoms with E-state index in [1.54, 1.807) is 12.4 Å². The van der Waals surface area contributed by atoms with Crippen LogP contribution in [0.3, 0.4) is 0 Å². The third kappa shape index (κ3) is 2.95. The number of imidazole rings is 1. The summed E-state index contributed by atoms with van der Waals surface area (Å²) in [5.41, 5.74) is 1.59. The Morgan fingerprint density at radius 2 is 2.32 bits per heavy atom. The van der Waals surface area contributed by atoms with Crippen LogP contribution in [0.15, 0.2) is 30.6 Å². The van der Waals surface area contributed by atoms with Crippen molar-refractivity contribution in [3.05, 3.63) is 47.0 Å². The van der Waals surface area contributed by atoms with Gasteiger partial charge in [0.2, 0.25) is 0 Å². The molecule has 0 aliphatic carbocycles. The molecule has 0 bridgehead atoms. The maximum absolute atomic E-state index is 12.7. The van der Waals surface area contributed by atoms with Gasteiger partial charge in [-0.15, -0.1) is 0 Å². The minimum absolute atomic E-state index is 0.00710. The van der Waals surface area contributed by atoms with Gasteiger partial charge < -0.3 is 15.2 Å². The second kappa shape index (κ2) is 6.40. The maximum atomic E-state index is 12.7. The molecular weight excluding hydrogens is 300 g/mol. The summed E-state index contributed by atoms with van der Waals surface area (Å²) < 4.78 is 0. The third-order valence-corrected chi connectivity index (χ3v) is 4.53. The number of likely N-dealkylation sites (tertiary alicyclic amines) is 1. The zero-order valence-corrected chi connectivity index (χ0v) is 13.2. The van der Waals surface area contributed by atoms with Gasteiger partial charge in [0.25, 0.3) is 0 Å². The molecule has 1 saturated heterocycles. The summed E-state index contributed by atoms with van der Waals surface area (Å²) >= 11 is 6.26. The largest absolute Gasteiger partial charge is 0.347 e. The van der Waals surface area contributed by atoms with E-state index in [0.29, 0.717) is 10.7 Å². The first-order chi connectivity index (χ1) is 10.7. The summed E-state index contributed by atoms with van der Waals surface area (Å²) in [4.78, 5) is 21.9. The first-order valence-electron chi connectivity index (χ1n) is 7.49. The van der Waals surface area contributed by atoms with Crippen molar-refractivity contribution in [3.8, 4) is 0 Å². The number of halogens is 1. The molecule has 0 spiro atoms. The lowest BCUT2D eigenvalue weighted by Crippen LogP contribution is -2.41. The monoisotopic (exact) mass is 318 g/mol. The predicted molar refractivity (Wildman–Crippen MR) is 87.1 cm³/mol. The molecule has 1 fully saturated rings. The van der Waals surface area contributed by atoms with Crippen molar-refractivity contribution in [3.63, 3.8) is 0 Å². The highest BCUT2D eigenvalue weighted by atomic mass is 35.5. The number of aromatic nitrogens is 2. The normalized spacial score (nSPS) is 18.3. The number of rotatable bonds is 2. The van der Waals surface area contributed by atoms with Gasteiger partial charge in [0, 0.05) is 18.9 Å². The van der Waals surface area contributed by atoms with Crippen molar-refractivity contribution in [1.82, 2.24) is 14.9 Å². The van der Waals surface area contributed by atoms with E-state index >= 15 is 0 Å². The van der Waals surface area contributed by atoms with Crippen molar-refractivity contribution < 1.29 is 4.79 Å². The van der Waals surface area contributed by atoms with Crippen molar-refractivity contribution in [2.75, 3.05) is 11.9 Å². The number of urea groups is 1. The molecule has 1 aliphatic rings. The number of carbonyl (C=O) groups excluding carboxylic acids is 1. The highest BCUT2D eigenvalue weighted by Crippen LogP contribution is 2.31. The van der Waals surface area contributed by atoms with Crippen molar-refractivity contribution in [2.24, 2.45) is 0 Å². The van der Waals surface area contributed by atoms with Gasteiger partial charge in [0.15, 0.2) is 0 Å². The minimum Gasteiger partial charge on any atom is -0.347 e. The Morgan fingerprint density at radius 3 is 3.09 bits per heavy atom. The lowest BCUT2D eigenvalue weighted by atomic mass is 10.0. The summed E-state index contributed by atoms with van der Waals surface area (Å²) in [6.45, 7) is 2.64. The van der Waals surface area contributed by atoms with E-state index in [4.69, 9.17) is 11.6 Å². The number of nitrogens with one attached hydrogen (secondary N) is 2. The number of hydrogen-bond donors (Lipinski definition) is 2. The van der Waals surface area contributed by atoms with Gasteiger partial charge in [-0.25, -0.2) is 9.78 Å². The van der Waals surface area contributed by atoms with Crippen LogP contribution in [0.1, 0.15) is 36.7 Å². The van der Waals surface area contributed by atoms with E-state index in [1.165, 1.54) is 0 Å². The van der Waals surface area contributed by atoms with Crippen LogP contribution in [-0.4, -0.2) is 27.4 Å². The molecule has 0 unspecified atom stereocenters. The van der Waals surface area contributed by atoms with Crippen molar-refractivity contribution in [1.29, 1.82) is 0 Å². The highest BCUT2D eigenvalue weighted by Gasteiger charge is 2.29. The van der Waals surface area contributed by atoms with Crippen LogP contribution in [0.2, 0.25) is 5.02 Å². The van der Waals surface area contributed by atoms with Crippen LogP contribution < -0.4 is 5.32 Å². The Labute approximate surface area is 134 Å². The third-order valence-electron chi connectivity index (χ3n) is 4.03. The van der Waals surface area contributed by atoms with Gasteiger partial charge in [-0.3, -0.25) is 0 Å². The molecule has 2 amide bonds. The van der Waals surface area contributed by atoms with Crippen LogP contribution in [-0.2, 0) is 0 Å². The summed E-state index contributed by atoms with van der Waals surface area (Å²) in [7, 11) is 0. The molecule has 2 N–H and O–H groups in total. The first kappa shape index (κ1) is 14.9. The van der Waals surface area contributed by atoms with E-state index in [0.717, 1.165) is 37.2 Å². The number of amides is 2. The summed E-state index contributed by atoms with van der Waals surface area (Å²) in [6, 6.07) is 5.49. The van der Waals surface area contributed by atoms with Gasteiger partial charge >= 0.3 is 6.03 Å². The molecule has 116 valence electrons. The summed E-state index contributed by atoms with van der Waals surface area (Å²) in [6.07, 6.45) is 6.53. The number of anilines is 1. The van der Waals surface area contributed by atoms with E-state index in [-0.39, 0.29) is 12.1 Å². The van der Waals surface area contributed by atoms with Crippen LogP contribution in [0.4, 0.5) is 10.5 Å². The Balaban J connectivity index is 1.79. The Hall–Kier alpha value is -2.01. The fourth-order valence-electron chi connectivity index (χ4n) is 2.85. The zero-order chi connectivity index (χ0) is 15.5. The van der Waals surface area contributed by atoms with E-state index in [9.17, 15) is 4.79 Å². The topological polar surface area (TPSA) is 61.0 Å². The number of piperidine rings is 1. The Kier molecular flexibility index (Phi) is 4.34. The maximum Gasteiger partial charge on any atom is 0.322 e. The fraction of sp³-hybridized carbons (Fsp3) is 0.375. The first-order valence-corrected chi connectivity index (χ1v) is 7.86. The minimum atomic E-state index is -0.131. The lowest BCUT2D eigenvalue weighted by Gasteiger charge is -2.34. The number of carbonyl (C=O) groups is 1. The van der Waals surface area contributed by atoms with E-state index in [2.05, 4.69) is 15.3 Å². The molecule has 5 nitrogen and oxygen atoms in total. The highest BCUT2D eigenvalue weighted by molar-refractivity contribution is 6.34. The van der Waals surface area contributed by atoms with Gasteiger partial charge in [-0.1, -0.05) is 23.7 Å². The number of hydrogen-bond acceptors (Lipinski definition) is 2. The number of aryl methyl sites for hydroxylation is 1. The second-order valence-corrected chi connectivity index (χ2v) is 5.92. The number of nitrogens with zero attached hydrogens (tertiary/aromatic N) is 2. The molecule has 0 radical (unpaired) electrons. The molecule has 2 heterocycles. The second-order valence-electron chi connectivity index (χ2n) is 5.55. The van der Waals surface area contributed by atoms with E-state index in [1.807, 2.05) is 30.0 Å². The zero-order valence-electron chi connectivity index (χ0n) is 12.5. The van der Waals surface area contributed by atoms with Crippen LogP contribution in [0, 0.1) is 6.92 Å². The standard InChI is InChI=1S/C16H19ClN4O/c1-11-5-4-6-12(14(11)17)20-16(22)21-10-3-2-7-13(21)15-18-8-9-19-15/h4-6,8-9,13H,2-3,7,10H2,1H3,(H,18,19)(H,20,22)/t13-/m1/s1. The molecule has 3 rings (SSSR count). The smallest absolute Gasteiger partial charge is 0.322 e. The van der Waals surface area contributed by atoms with Crippen LogP contribution >= 0.6 is 11.6 Å². The number of benzene rings is 1. The molecule has 1 aromatic heterocycles. The molecule has 0 saturated carbocycles. The van der Waals surface area contributed by atoms with Crippen molar-refractivity contribution in [2.45, 2.75) is 32.2 Å². The van der Waals surface area contributed by atoms with Gasteiger partial charge in [0.1, 0.15) is 5.82 Å². The lowest BCUT2D eigenvalue weighted by molar-refractivity contribution is 0.160. The molecule has 1 aromatic carbocycles. The van der Waals surface area contributed by atoms with Gasteiger partial charge in [0.05, 0.1) is 16.8 Å². The van der Waals surface area contributed by atoms with Gasteiger partial charge in [-0.2, -0.15) is 0 Å². The SMILES string of the molecule is Cc1cccc(NC(=O)N2CCCC[C@@H]2c2ncc[nH]2)c1Cl. The average Bonchev–Trinajstić information content (AvgIpc) is 3.06. The molecule has 2 aromatic rings. The number of H-pyrrole nitrogens is 1. The summed E-state index contributed by atoms with van der Waals surface area (Å²) in [5, 5.41) is 3.51. The predicted octanol–water partition coefficient (Wildman–Crippen LogP) is 4.13. The molecule has 1 atom stereocenters. The van der Waals surface area contributed by atoms with Crippen LogP contribution in [0.25, 0.3) is 0 Å². The summed E-state index contributed by atoms with van der Waals surface area (Å²) in [5.74, 6) is 0.838. The average molecular weight is 319 g/mol. The Morgan fingerprint density at radius 1 is 1.45 bits per heavy atom. The van der Waals surface area contributed by atoms with Crippen LogP contribution in [0.5, 0.6) is 0 Å². The molecule has 1 aliphatic heterocycles. The number of aromatic amines is 1. The van der Waals surface area contributed by atoms with E-state index < -0.39 is 0 Å².